The summed E-state index contributed by atoms with van der Waals surface area (Å²) >= 11 is 1.20. The lowest BCUT2D eigenvalue weighted by molar-refractivity contribution is 0.373. The van der Waals surface area contributed by atoms with Crippen molar-refractivity contribution in [2.45, 2.75) is 36.4 Å². The number of rotatable bonds is 5. The van der Waals surface area contributed by atoms with Crippen molar-refractivity contribution in [3.05, 3.63) is 28.7 Å². The fraction of sp³-hybridized carbons (Fsp3) is 0.455. The lowest BCUT2D eigenvalue weighted by atomic mass is 10.4. The zero-order valence-electron chi connectivity index (χ0n) is 10.3. The SMILES string of the molecule is Cc1csc(S(=O)(=O)NCc2noc(C3CC3)n2)c1. The number of hydrogen-bond donors (Lipinski definition) is 1. The summed E-state index contributed by atoms with van der Waals surface area (Å²) in [7, 11) is -3.49. The predicted octanol–water partition coefficient (Wildman–Crippen LogP) is 1.80. The van der Waals surface area contributed by atoms with E-state index in [1.165, 1.54) is 11.3 Å². The number of nitrogens with one attached hydrogen (secondary N) is 1. The molecule has 2 aromatic heterocycles. The van der Waals surface area contributed by atoms with E-state index in [9.17, 15) is 8.42 Å². The first-order chi connectivity index (χ1) is 9.04. The van der Waals surface area contributed by atoms with Crippen LogP contribution in [0.5, 0.6) is 0 Å². The third kappa shape index (κ3) is 2.85. The number of hydrogen-bond acceptors (Lipinski definition) is 6. The first-order valence-corrected chi connectivity index (χ1v) is 8.28. The van der Waals surface area contributed by atoms with Gasteiger partial charge < -0.3 is 4.52 Å². The molecule has 0 aliphatic heterocycles. The Balaban J connectivity index is 1.67. The standard InChI is InChI=1S/C11H13N3O3S2/c1-7-4-10(18-6-7)19(15,16)12-5-9-13-11(17-14-9)8-2-3-8/h4,6,8,12H,2-3,5H2,1H3. The Bertz CT molecular complexity index is 686. The molecular weight excluding hydrogens is 286 g/mol. The maximum absolute atomic E-state index is 12.0. The molecule has 1 fully saturated rings. The highest BCUT2D eigenvalue weighted by Crippen LogP contribution is 2.38. The Morgan fingerprint density at radius 2 is 2.32 bits per heavy atom. The molecule has 102 valence electrons. The van der Waals surface area contributed by atoms with Crippen LogP contribution < -0.4 is 4.72 Å². The summed E-state index contributed by atoms with van der Waals surface area (Å²) in [5.41, 5.74) is 0.931. The third-order valence-corrected chi connectivity index (χ3v) is 5.76. The molecule has 1 aliphatic carbocycles. The van der Waals surface area contributed by atoms with Crippen LogP contribution in [0.3, 0.4) is 0 Å². The number of sulfonamides is 1. The van der Waals surface area contributed by atoms with Gasteiger partial charge in [-0.25, -0.2) is 13.1 Å². The Morgan fingerprint density at radius 1 is 1.53 bits per heavy atom. The molecule has 2 aromatic rings. The summed E-state index contributed by atoms with van der Waals surface area (Å²) in [6.45, 7) is 1.91. The molecule has 1 saturated carbocycles. The van der Waals surface area contributed by atoms with Gasteiger partial charge in [0.05, 0.1) is 6.54 Å². The van der Waals surface area contributed by atoms with E-state index in [2.05, 4.69) is 14.9 Å². The van der Waals surface area contributed by atoms with E-state index in [1.54, 1.807) is 11.4 Å². The van der Waals surface area contributed by atoms with Gasteiger partial charge in [-0.3, -0.25) is 0 Å². The molecule has 0 unspecified atom stereocenters. The van der Waals surface area contributed by atoms with Gasteiger partial charge in [-0.2, -0.15) is 4.98 Å². The van der Waals surface area contributed by atoms with E-state index in [1.807, 2.05) is 6.92 Å². The Hall–Kier alpha value is -1.25. The van der Waals surface area contributed by atoms with E-state index < -0.39 is 10.0 Å². The fourth-order valence-electron chi connectivity index (χ4n) is 1.61. The largest absolute Gasteiger partial charge is 0.339 e. The van der Waals surface area contributed by atoms with Crippen molar-refractivity contribution < 1.29 is 12.9 Å². The first kappa shape index (κ1) is 12.8. The zero-order valence-corrected chi connectivity index (χ0v) is 11.9. The van der Waals surface area contributed by atoms with Crippen LogP contribution in [0.25, 0.3) is 0 Å². The van der Waals surface area contributed by atoms with Gasteiger partial charge in [0.2, 0.25) is 15.9 Å². The van der Waals surface area contributed by atoms with Crippen LogP contribution in [0.1, 0.15) is 36.0 Å². The van der Waals surface area contributed by atoms with Gasteiger partial charge in [0, 0.05) is 5.92 Å². The minimum absolute atomic E-state index is 0.0511. The quantitative estimate of drug-likeness (QED) is 0.910. The van der Waals surface area contributed by atoms with Crippen LogP contribution >= 0.6 is 11.3 Å². The van der Waals surface area contributed by atoms with E-state index in [0.717, 1.165) is 18.4 Å². The van der Waals surface area contributed by atoms with Gasteiger partial charge in [0.1, 0.15) is 4.21 Å². The molecule has 0 bridgehead atoms. The molecule has 0 atom stereocenters. The van der Waals surface area contributed by atoms with E-state index in [-0.39, 0.29) is 6.54 Å². The average molecular weight is 299 g/mol. The van der Waals surface area contributed by atoms with Crippen LogP contribution in [0.4, 0.5) is 0 Å². The Morgan fingerprint density at radius 3 is 2.95 bits per heavy atom. The summed E-state index contributed by atoms with van der Waals surface area (Å²) in [5, 5.41) is 5.57. The first-order valence-electron chi connectivity index (χ1n) is 5.92. The Labute approximate surface area is 114 Å². The van der Waals surface area contributed by atoms with Gasteiger partial charge >= 0.3 is 0 Å². The van der Waals surface area contributed by atoms with Crippen molar-refractivity contribution >= 4 is 21.4 Å². The molecule has 0 radical (unpaired) electrons. The second-order valence-electron chi connectivity index (χ2n) is 4.59. The number of aryl methyl sites for hydroxylation is 1. The third-order valence-electron chi connectivity index (χ3n) is 2.80. The van der Waals surface area contributed by atoms with Crippen molar-refractivity contribution in [3.63, 3.8) is 0 Å². The highest BCUT2D eigenvalue weighted by molar-refractivity contribution is 7.91. The minimum Gasteiger partial charge on any atom is -0.339 e. The molecule has 8 heteroatoms. The molecule has 0 amide bonds. The molecule has 2 heterocycles. The molecule has 0 saturated heterocycles. The molecule has 0 aromatic carbocycles. The molecule has 3 rings (SSSR count). The summed E-state index contributed by atoms with van der Waals surface area (Å²) in [6, 6.07) is 1.64. The van der Waals surface area contributed by atoms with Crippen molar-refractivity contribution in [2.24, 2.45) is 0 Å². The summed E-state index contributed by atoms with van der Waals surface area (Å²) in [4.78, 5) is 4.17. The predicted molar refractivity (Wildman–Crippen MR) is 69.4 cm³/mol. The van der Waals surface area contributed by atoms with Gasteiger partial charge in [-0.05, 0) is 36.8 Å². The fourth-order valence-corrected chi connectivity index (χ4v) is 3.87. The number of aromatic nitrogens is 2. The molecule has 19 heavy (non-hydrogen) atoms. The highest BCUT2D eigenvalue weighted by atomic mass is 32.2. The monoisotopic (exact) mass is 299 g/mol. The van der Waals surface area contributed by atoms with Crippen molar-refractivity contribution in [1.82, 2.24) is 14.9 Å². The van der Waals surface area contributed by atoms with Crippen molar-refractivity contribution in [1.29, 1.82) is 0 Å². The second-order valence-corrected chi connectivity index (χ2v) is 7.50. The highest BCUT2D eigenvalue weighted by Gasteiger charge is 2.29. The van der Waals surface area contributed by atoms with Crippen molar-refractivity contribution in [3.8, 4) is 0 Å². The number of thiophene rings is 1. The normalized spacial score (nSPS) is 15.8. The topological polar surface area (TPSA) is 85.1 Å². The van der Waals surface area contributed by atoms with Crippen molar-refractivity contribution in [2.75, 3.05) is 0 Å². The van der Waals surface area contributed by atoms with Gasteiger partial charge in [0.15, 0.2) is 5.82 Å². The summed E-state index contributed by atoms with van der Waals surface area (Å²) in [6.07, 6.45) is 2.14. The minimum atomic E-state index is -3.49. The van der Waals surface area contributed by atoms with Crippen LogP contribution in [0, 0.1) is 6.92 Å². The zero-order chi connectivity index (χ0) is 13.5. The molecule has 0 spiro atoms. The Kier molecular flexibility index (Phi) is 3.15. The van der Waals surface area contributed by atoms with Gasteiger partial charge in [0.25, 0.3) is 0 Å². The second kappa shape index (κ2) is 4.69. The lowest BCUT2D eigenvalue weighted by Crippen LogP contribution is -2.23. The average Bonchev–Trinajstić information content (AvgIpc) is 2.94. The summed E-state index contributed by atoms with van der Waals surface area (Å²) < 4.78 is 31.8. The van der Waals surface area contributed by atoms with Crippen LogP contribution in [-0.4, -0.2) is 18.6 Å². The maximum Gasteiger partial charge on any atom is 0.250 e. The molecule has 1 aliphatic rings. The maximum atomic E-state index is 12.0. The molecule has 6 nitrogen and oxygen atoms in total. The van der Waals surface area contributed by atoms with Gasteiger partial charge in [-0.1, -0.05) is 5.16 Å². The lowest BCUT2D eigenvalue weighted by Gasteiger charge is -2.00. The van der Waals surface area contributed by atoms with E-state index >= 15 is 0 Å². The smallest absolute Gasteiger partial charge is 0.250 e. The van der Waals surface area contributed by atoms with E-state index in [0.29, 0.717) is 21.8 Å². The van der Waals surface area contributed by atoms with E-state index in [4.69, 9.17) is 4.52 Å². The van der Waals surface area contributed by atoms with Crippen LogP contribution in [0.15, 0.2) is 20.2 Å². The number of nitrogens with zero attached hydrogens (tertiary/aromatic N) is 2. The van der Waals surface area contributed by atoms with Gasteiger partial charge in [-0.15, -0.1) is 11.3 Å². The van der Waals surface area contributed by atoms with Crippen LogP contribution in [0.2, 0.25) is 0 Å². The molecular formula is C11H13N3O3S2. The summed E-state index contributed by atoms with van der Waals surface area (Å²) in [5.74, 6) is 1.36. The molecule has 1 N–H and O–H groups in total. The van der Waals surface area contributed by atoms with Crippen LogP contribution in [-0.2, 0) is 16.6 Å².